The van der Waals surface area contributed by atoms with E-state index >= 15 is 0 Å². The Bertz CT molecular complexity index is 1240. The molecule has 3 aromatic carbocycles. The molecule has 3 nitrogen and oxygen atoms in total. The molecule has 0 radical (unpaired) electrons. The Morgan fingerprint density at radius 3 is 2.19 bits per heavy atom. The summed E-state index contributed by atoms with van der Waals surface area (Å²) in [5.41, 5.74) is 3.04. The molecule has 4 aromatic rings. The number of fused-ring (bicyclic) bond motifs is 6. The molecule has 0 amide bonds. The Morgan fingerprint density at radius 2 is 1.42 bits per heavy atom. The molecule has 3 heteroatoms. The zero-order chi connectivity index (χ0) is 18.0. The summed E-state index contributed by atoms with van der Waals surface area (Å²) in [7, 11) is 0. The molecule has 0 spiro atoms. The van der Waals surface area contributed by atoms with Crippen LogP contribution in [0.4, 0.5) is 0 Å². The van der Waals surface area contributed by atoms with Crippen LogP contribution in [-0.4, -0.2) is 16.1 Å². The lowest BCUT2D eigenvalue weighted by molar-refractivity contribution is 0.0975. The molecule has 1 aliphatic rings. The molecule has 0 unspecified atom stereocenters. The van der Waals surface area contributed by atoms with Gasteiger partial charge in [-0.3, -0.25) is 9.59 Å². The number of para-hydroxylation sites is 1. The fraction of sp³-hybridized carbons (Fsp3) is 0.130. The number of hydrogen-bond donors (Lipinski definition) is 0. The fourth-order valence-corrected chi connectivity index (χ4v) is 4.21. The second-order valence-electron chi connectivity index (χ2n) is 7.07. The molecule has 26 heavy (non-hydrogen) atoms. The lowest BCUT2D eigenvalue weighted by Gasteiger charge is -2.20. The van der Waals surface area contributed by atoms with Crippen molar-refractivity contribution in [1.29, 1.82) is 0 Å². The van der Waals surface area contributed by atoms with Crippen LogP contribution in [-0.2, 0) is 0 Å². The monoisotopic (exact) mass is 339 g/mol. The summed E-state index contributed by atoms with van der Waals surface area (Å²) in [6, 6.07) is 19.3. The summed E-state index contributed by atoms with van der Waals surface area (Å²) in [5, 5.41) is 2.67. The summed E-state index contributed by atoms with van der Waals surface area (Å²) in [4.78, 5) is 27.0. The number of benzene rings is 3. The highest BCUT2D eigenvalue weighted by molar-refractivity contribution is 6.35. The molecule has 1 aliphatic carbocycles. The van der Waals surface area contributed by atoms with Gasteiger partial charge in [0, 0.05) is 28.1 Å². The predicted octanol–water partition coefficient (Wildman–Crippen LogP) is 5.15. The van der Waals surface area contributed by atoms with Gasteiger partial charge in [0.1, 0.15) is 5.69 Å². The van der Waals surface area contributed by atoms with Crippen LogP contribution in [0.5, 0.6) is 0 Å². The Balaban J connectivity index is 1.96. The number of aromatic nitrogens is 1. The van der Waals surface area contributed by atoms with Crippen molar-refractivity contribution in [3.05, 3.63) is 83.0 Å². The molecule has 0 saturated heterocycles. The highest BCUT2D eigenvalue weighted by atomic mass is 16.1. The smallest absolute Gasteiger partial charge is 0.211 e. The zero-order valence-electron chi connectivity index (χ0n) is 14.6. The Morgan fingerprint density at radius 1 is 0.731 bits per heavy atom. The van der Waals surface area contributed by atoms with Gasteiger partial charge in [0.25, 0.3) is 0 Å². The average Bonchev–Trinajstić information content (AvgIpc) is 3.01. The molecule has 0 N–H and O–H groups in total. The fourth-order valence-electron chi connectivity index (χ4n) is 4.21. The van der Waals surface area contributed by atoms with Gasteiger partial charge in [-0.1, -0.05) is 48.5 Å². The molecule has 0 fully saturated rings. The quantitative estimate of drug-likeness (QED) is 0.423. The van der Waals surface area contributed by atoms with Crippen LogP contribution in [0, 0.1) is 0 Å². The summed E-state index contributed by atoms with van der Waals surface area (Å²) in [6.07, 6.45) is 0. The summed E-state index contributed by atoms with van der Waals surface area (Å²) in [6.45, 7) is 4.09. The van der Waals surface area contributed by atoms with E-state index in [2.05, 4.69) is 0 Å². The van der Waals surface area contributed by atoms with Gasteiger partial charge >= 0.3 is 0 Å². The van der Waals surface area contributed by atoms with Crippen molar-refractivity contribution < 1.29 is 9.59 Å². The molecule has 0 atom stereocenters. The molecule has 5 rings (SSSR count). The van der Waals surface area contributed by atoms with Crippen molar-refractivity contribution in [2.45, 2.75) is 19.9 Å². The normalized spacial score (nSPS) is 13.5. The van der Waals surface area contributed by atoms with Gasteiger partial charge in [0.2, 0.25) is 5.78 Å². The minimum atomic E-state index is -0.0593. The van der Waals surface area contributed by atoms with Gasteiger partial charge in [-0.2, -0.15) is 0 Å². The van der Waals surface area contributed by atoms with E-state index in [0.29, 0.717) is 22.4 Å². The van der Waals surface area contributed by atoms with Crippen LogP contribution in [0.2, 0.25) is 0 Å². The van der Waals surface area contributed by atoms with Crippen LogP contribution in [0.25, 0.3) is 21.7 Å². The first-order chi connectivity index (χ1) is 12.6. The SMILES string of the molecule is CC(C)n1c2c(c3ccccc31)C(=O)c1ccc3ccccc3c1C2=O. The highest BCUT2D eigenvalue weighted by Crippen LogP contribution is 2.39. The van der Waals surface area contributed by atoms with Crippen molar-refractivity contribution in [3.63, 3.8) is 0 Å². The number of carbonyl (C=O) groups excluding carboxylic acids is 2. The van der Waals surface area contributed by atoms with Crippen molar-refractivity contribution in [2.24, 2.45) is 0 Å². The standard InChI is InChI=1S/C23H17NO2/c1-13(2)24-18-10-6-5-9-16(18)20-21(24)23(26)19-15-8-4-3-7-14(15)11-12-17(19)22(20)25/h3-13H,1-2H3. The third kappa shape index (κ3) is 1.77. The summed E-state index contributed by atoms with van der Waals surface area (Å²) < 4.78 is 2.01. The molecular formula is C23H17NO2. The maximum atomic E-state index is 13.6. The number of rotatable bonds is 1. The summed E-state index contributed by atoms with van der Waals surface area (Å²) in [5.74, 6) is -0.118. The third-order valence-corrected chi connectivity index (χ3v) is 5.27. The first-order valence-corrected chi connectivity index (χ1v) is 8.83. The number of carbonyl (C=O) groups is 2. The Kier molecular flexibility index (Phi) is 2.99. The van der Waals surface area contributed by atoms with Gasteiger partial charge < -0.3 is 4.57 Å². The minimum absolute atomic E-state index is 0.0590. The highest BCUT2D eigenvalue weighted by Gasteiger charge is 2.36. The van der Waals surface area contributed by atoms with Gasteiger partial charge in [-0.15, -0.1) is 0 Å². The maximum absolute atomic E-state index is 13.6. The minimum Gasteiger partial charge on any atom is -0.335 e. The molecule has 0 saturated carbocycles. The first-order valence-electron chi connectivity index (χ1n) is 8.83. The predicted molar refractivity (Wildman–Crippen MR) is 103 cm³/mol. The van der Waals surface area contributed by atoms with E-state index in [0.717, 1.165) is 21.7 Å². The topological polar surface area (TPSA) is 39.1 Å². The van der Waals surface area contributed by atoms with Crippen molar-refractivity contribution in [1.82, 2.24) is 4.57 Å². The van der Waals surface area contributed by atoms with E-state index in [1.807, 2.05) is 73.0 Å². The second-order valence-corrected chi connectivity index (χ2v) is 7.07. The van der Waals surface area contributed by atoms with Crippen molar-refractivity contribution in [2.75, 3.05) is 0 Å². The van der Waals surface area contributed by atoms with E-state index < -0.39 is 0 Å². The number of nitrogens with zero attached hydrogens (tertiary/aromatic N) is 1. The van der Waals surface area contributed by atoms with Crippen molar-refractivity contribution in [3.8, 4) is 0 Å². The third-order valence-electron chi connectivity index (χ3n) is 5.27. The largest absolute Gasteiger partial charge is 0.335 e. The van der Waals surface area contributed by atoms with E-state index in [-0.39, 0.29) is 17.6 Å². The van der Waals surface area contributed by atoms with Crippen LogP contribution in [0.1, 0.15) is 51.9 Å². The number of hydrogen-bond acceptors (Lipinski definition) is 2. The van der Waals surface area contributed by atoms with Crippen LogP contribution < -0.4 is 0 Å². The molecule has 126 valence electrons. The first kappa shape index (κ1) is 15.1. The Hall–Kier alpha value is -3.20. The molecule has 0 aliphatic heterocycles. The van der Waals surface area contributed by atoms with Crippen LogP contribution in [0.3, 0.4) is 0 Å². The molecule has 1 heterocycles. The van der Waals surface area contributed by atoms with E-state index in [9.17, 15) is 9.59 Å². The molecule has 1 aromatic heterocycles. The maximum Gasteiger partial charge on any atom is 0.211 e. The van der Waals surface area contributed by atoms with Gasteiger partial charge in [-0.05, 0) is 36.8 Å². The lowest BCUT2D eigenvalue weighted by Crippen LogP contribution is -2.24. The zero-order valence-corrected chi connectivity index (χ0v) is 14.6. The second kappa shape index (κ2) is 5.15. The van der Waals surface area contributed by atoms with Gasteiger partial charge in [-0.25, -0.2) is 0 Å². The van der Waals surface area contributed by atoms with E-state index in [1.54, 1.807) is 6.07 Å². The van der Waals surface area contributed by atoms with Gasteiger partial charge in [0.05, 0.1) is 5.56 Å². The van der Waals surface area contributed by atoms with Crippen LogP contribution >= 0.6 is 0 Å². The van der Waals surface area contributed by atoms with Crippen LogP contribution in [0.15, 0.2) is 60.7 Å². The Labute approximate surface area is 150 Å². The van der Waals surface area contributed by atoms with Gasteiger partial charge in [0.15, 0.2) is 5.78 Å². The molecule has 0 bridgehead atoms. The van der Waals surface area contributed by atoms with Crippen molar-refractivity contribution >= 4 is 33.2 Å². The molecular weight excluding hydrogens is 322 g/mol. The summed E-state index contributed by atoms with van der Waals surface area (Å²) >= 11 is 0. The lowest BCUT2D eigenvalue weighted by atomic mass is 9.84. The number of ketones is 2. The van der Waals surface area contributed by atoms with E-state index in [4.69, 9.17) is 0 Å². The average molecular weight is 339 g/mol. The van der Waals surface area contributed by atoms with E-state index in [1.165, 1.54) is 0 Å².